The maximum atomic E-state index is 12.3. The lowest BCUT2D eigenvalue weighted by atomic mass is 10.2. The van der Waals surface area contributed by atoms with E-state index in [0.29, 0.717) is 13.2 Å². The standard InChI is InChI=1S/C21H25NO4/c1-21(2)25-19(14-22(23)13-17-9-5-3-6-10-17)20(26-21)16-24-15-18-11-7-4-8-12-18/h3-12,14,19-20H,13,15-16H2,1-2H3/b22-14-/t19-,20+/m1/s1. The van der Waals surface area contributed by atoms with Gasteiger partial charge in [-0.25, -0.2) is 4.74 Å². The van der Waals surface area contributed by atoms with Crippen molar-refractivity contribution in [2.75, 3.05) is 6.61 Å². The van der Waals surface area contributed by atoms with Crippen molar-refractivity contribution < 1.29 is 18.9 Å². The molecule has 3 rings (SSSR count). The molecule has 2 atom stereocenters. The Kier molecular flexibility index (Phi) is 6.04. The highest BCUT2D eigenvalue weighted by Gasteiger charge is 2.42. The molecule has 2 aromatic carbocycles. The largest absolute Gasteiger partial charge is 0.624 e. The molecular formula is C21H25NO4. The van der Waals surface area contributed by atoms with Crippen LogP contribution >= 0.6 is 0 Å². The second-order valence-electron chi connectivity index (χ2n) is 6.85. The summed E-state index contributed by atoms with van der Waals surface area (Å²) < 4.78 is 18.5. The maximum absolute atomic E-state index is 12.3. The quantitative estimate of drug-likeness (QED) is 0.330. The topological polar surface area (TPSA) is 53.8 Å². The van der Waals surface area contributed by atoms with Gasteiger partial charge in [0.15, 0.2) is 24.7 Å². The zero-order valence-corrected chi connectivity index (χ0v) is 15.2. The van der Waals surface area contributed by atoms with Crippen molar-refractivity contribution in [2.45, 2.75) is 45.0 Å². The molecule has 0 bridgehead atoms. The zero-order chi connectivity index (χ0) is 18.4. The van der Waals surface area contributed by atoms with Gasteiger partial charge in [-0.3, -0.25) is 0 Å². The van der Waals surface area contributed by atoms with Crippen LogP contribution in [0.3, 0.4) is 0 Å². The van der Waals surface area contributed by atoms with E-state index >= 15 is 0 Å². The van der Waals surface area contributed by atoms with Crippen molar-refractivity contribution in [2.24, 2.45) is 0 Å². The molecule has 5 nitrogen and oxygen atoms in total. The van der Waals surface area contributed by atoms with E-state index in [2.05, 4.69) is 0 Å². The molecule has 0 aromatic heterocycles. The number of hydrogen-bond donors (Lipinski definition) is 0. The third kappa shape index (κ3) is 5.39. The summed E-state index contributed by atoms with van der Waals surface area (Å²) in [7, 11) is 0. The molecule has 0 spiro atoms. The third-order valence-corrected chi connectivity index (χ3v) is 4.11. The highest BCUT2D eigenvalue weighted by atomic mass is 16.8. The molecule has 138 valence electrons. The van der Waals surface area contributed by atoms with E-state index in [1.54, 1.807) is 0 Å². The van der Waals surface area contributed by atoms with Gasteiger partial charge in [0.05, 0.1) is 13.2 Å². The Hall–Kier alpha value is -2.21. The van der Waals surface area contributed by atoms with Gasteiger partial charge in [0.25, 0.3) is 0 Å². The summed E-state index contributed by atoms with van der Waals surface area (Å²) >= 11 is 0. The number of hydrogen-bond acceptors (Lipinski definition) is 4. The number of ether oxygens (including phenoxy) is 3. The Morgan fingerprint density at radius 3 is 2.27 bits per heavy atom. The highest BCUT2D eigenvalue weighted by molar-refractivity contribution is 5.59. The number of nitrogens with zero attached hydrogens (tertiary/aromatic N) is 1. The van der Waals surface area contributed by atoms with E-state index in [-0.39, 0.29) is 12.6 Å². The van der Waals surface area contributed by atoms with Crippen LogP contribution in [0.15, 0.2) is 60.7 Å². The van der Waals surface area contributed by atoms with Crippen LogP contribution < -0.4 is 0 Å². The van der Waals surface area contributed by atoms with Crippen molar-refractivity contribution in [1.29, 1.82) is 0 Å². The predicted octanol–water partition coefficient (Wildman–Crippen LogP) is 3.50. The van der Waals surface area contributed by atoms with Gasteiger partial charge in [-0.05, 0) is 19.4 Å². The summed E-state index contributed by atoms with van der Waals surface area (Å²) in [4.78, 5) is 0. The first kappa shape index (κ1) is 18.6. The van der Waals surface area contributed by atoms with E-state index in [9.17, 15) is 5.21 Å². The van der Waals surface area contributed by atoms with Gasteiger partial charge in [-0.2, -0.15) is 0 Å². The van der Waals surface area contributed by atoms with Crippen LogP contribution in [0.5, 0.6) is 0 Å². The molecule has 1 heterocycles. The normalized spacial score (nSPS) is 22.5. The van der Waals surface area contributed by atoms with Crippen LogP contribution in [0.1, 0.15) is 25.0 Å². The van der Waals surface area contributed by atoms with E-state index in [1.165, 1.54) is 6.21 Å². The molecule has 0 radical (unpaired) electrons. The first-order valence-electron chi connectivity index (χ1n) is 8.82. The van der Waals surface area contributed by atoms with Gasteiger partial charge in [-0.1, -0.05) is 60.7 Å². The minimum Gasteiger partial charge on any atom is -0.624 e. The van der Waals surface area contributed by atoms with Crippen molar-refractivity contribution >= 4 is 6.21 Å². The first-order chi connectivity index (χ1) is 12.5. The molecule has 1 fully saturated rings. The molecule has 0 amide bonds. The van der Waals surface area contributed by atoms with E-state index in [0.717, 1.165) is 15.9 Å². The summed E-state index contributed by atoms with van der Waals surface area (Å²) in [5.41, 5.74) is 2.05. The molecule has 1 aliphatic rings. The van der Waals surface area contributed by atoms with Gasteiger partial charge in [-0.15, -0.1) is 0 Å². The molecular weight excluding hydrogens is 330 g/mol. The Bertz CT molecular complexity index is 715. The molecule has 2 aromatic rings. The van der Waals surface area contributed by atoms with Gasteiger partial charge < -0.3 is 19.4 Å². The third-order valence-electron chi connectivity index (χ3n) is 4.11. The number of rotatable bonds is 7. The average molecular weight is 355 g/mol. The predicted molar refractivity (Wildman–Crippen MR) is 99.8 cm³/mol. The highest BCUT2D eigenvalue weighted by Crippen LogP contribution is 2.27. The van der Waals surface area contributed by atoms with E-state index in [1.807, 2.05) is 74.5 Å². The van der Waals surface area contributed by atoms with Crippen molar-refractivity contribution in [1.82, 2.24) is 0 Å². The van der Waals surface area contributed by atoms with Crippen molar-refractivity contribution in [3.63, 3.8) is 0 Å². The lowest BCUT2D eigenvalue weighted by Crippen LogP contribution is -2.31. The van der Waals surface area contributed by atoms with Crippen LogP contribution in [0.4, 0.5) is 0 Å². The first-order valence-corrected chi connectivity index (χ1v) is 8.82. The Balaban J connectivity index is 1.59. The fraction of sp³-hybridized carbons (Fsp3) is 0.381. The van der Waals surface area contributed by atoms with Crippen LogP contribution in [0.25, 0.3) is 0 Å². The Morgan fingerprint density at radius 1 is 1.00 bits per heavy atom. The van der Waals surface area contributed by atoms with E-state index < -0.39 is 11.9 Å². The van der Waals surface area contributed by atoms with Crippen LogP contribution in [-0.2, 0) is 27.4 Å². The SMILES string of the molecule is CC1(C)O[C@@H](COCc2ccccc2)[C@@H](/C=[N+](\[O-])Cc2ccccc2)O1. The fourth-order valence-corrected chi connectivity index (χ4v) is 2.97. The van der Waals surface area contributed by atoms with Gasteiger partial charge in [0.2, 0.25) is 0 Å². The summed E-state index contributed by atoms with van der Waals surface area (Å²) in [6, 6.07) is 19.6. The Morgan fingerprint density at radius 2 is 1.62 bits per heavy atom. The van der Waals surface area contributed by atoms with Gasteiger partial charge >= 0.3 is 0 Å². The molecule has 0 saturated carbocycles. The van der Waals surface area contributed by atoms with Gasteiger partial charge in [0.1, 0.15) is 6.10 Å². The van der Waals surface area contributed by atoms with Crippen LogP contribution in [0, 0.1) is 5.21 Å². The van der Waals surface area contributed by atoms with Crippen LogP contribution in [0.2, 0.25) is 0 Å². The number of benzene rings is 2. The molecule has 26 heavy (non-hydrogen) atoms. The second-order valence-corrected chi connectivity index (χ2v) is 6.85. The summed E-state index contributed by atoms with van der Waals surface area (Å²) in [6.07, 6.45) is 0.779. The molecule has 0 N–H and O–H groups in total. The molecule has 5 heteroatoms. The monoisotopic (exact) mass is 355 g/mol. The Labute approximate surface area is 154 Å². The summed E-state index contributed by atoms with van der Waals surface area (Å²) in [5, 5.41) is 12.3. The van der Waals surface area contributed by atoms with E-state index in [4.69, 9.17) is 14.2 Å². The summed E-state index contributed by atoms with van der Waals surface area (Å²) in [5.74, 6) is -0.741. The van der Waals surface area contributed by atoms with Crippen molar-refractivity contribution in [3.8, 4) is 0 Å². The fourth-order valence-electron chi connectivity index (χ4n) is 2.97. The smallest absolute Gasteiger partial charge is 0.183 e. The van der Waals surface area contributed by atoms with Gasteiger partial charge in [0, 0.05) is 5.56 Å². The maximum Gasteiger partial charge on any atom is 0.183 e. The zero-order valence-electron chi connectivity index (χ0n) is 15.2. The lowest BCUT2D eigenvalue weighted by molar-refractivity contribution is -0.473. The number of hydroxylamine groups is 1. The molecule has 0 aliphatic carbocycles. The second kappa shape index (κ2) is 8.45. The molecule has 1 aliphatic heterocycles. The minimum atomic E-state index is -0.741. The molecule has 0 unspecified atom stereocenters. The lowest BCUT2D eigenvalue weighted by Gasteiger charge is -2.16. The minimum absolute atomic E-state index is 0.277. The van der Waals surface area contributed by atoms with Crippen LogP contribution in [-0.4, -0.2) is 35.6 Å². The average Bonchev–Trinajstić information content (AvgIpc) is 2.90. The summed E-state index contributed by atoms with van der Waals surface area (Å²) in [6.45, 7) is 4.82. The van der Waals surface area contributed by atoms with Crippen molar-refractivity contribution in [3.05, 3.63) is 77.0 Å². The molecule has 1 saturated heterocycles.